The fourth-order valence-corrected chi connectivity index (χ4v) is 2.09. The van der Waals surface area contributed by atoms with Gasteiger partial charge in [-0.05, 0) is 25.3 Å². The third kappa shape index (κ3) is 5.80. The lowest BCUT2D eigenvalue weighted by molar-refractivity contribution is -0.124. The van der Waals surface area contributed by atoms with Crippen LogP contribution in [0.15, 0.2) is 0 Å². The Kier molecular flexibility index (Phi) is 6.60. The van der Waals surface area contributed by atoms with Crippen LogP contribution in [0.4, 0.5) is 0 Å². The van der Waals surface area contributed by atoms with Crippen LogP contribution in [0, 0.1) is 5.92 Å². The Morgan fingerprint density at radius 3 is 2.72 bits per heavy atom. The summed E-state index contributed by atoms with van der Waals surface area (Å²) in [6.45, 7) is 4.24. The molecule has 0 aliphatic carbocycles. The van der Waals surface area contributed by atoms with Gasteiger partial charge in [-0.1, -0.05) is 6.92 Å². The van der Waals surface area contributed by atoms with E-state index in [2.05, 4.69) is 12.2 Å². The van der Waals surface area contributed by atoms with Crippen molar-refractivity contribution in [2.45, 2.75) is 44.6 Å². The average molecular weight is 258 g/mol. The van der Waals surface area contributed by atoms with Crippen LogP contribution in [-0.2, 0) is 9.53 Å². The van der Waals surface area contributed by atoms with Crippen LogP contribution in [0.25, 0.3) is 0 Å². The Bertz CT molecular complexity index is 253. The molecule has 1 fully saturated rings. The van der Waals surface area contributed by atoms with Crippen molar-refractivity contribution in [1.29, 1.82) is 0 Å². The van der Waals surface area contributed by atoms with Crippen LogP contribution in [0.1, 0.15) is 39.0 Å². The first-order valence-corrected chi connectivity index (χ1v) is 6.82. The molecule has 18 heavy (non-hydrogen) atoms. The average Bonchev–Trinajstić information content (AvgIpc) is 2.35. The molecule has 0 bridgehead atoms. The molecule has 0 radical (unpaired) electrons. The van der Waals surface area contributed by atoms with Crippen LogP contribution in [0.3, 0.4) is 0 Å². The van der Waals surface area contributed by atoms with E-state index in [0.717, 1.165) is 12.8 Å². The first kappa shape index (κ1) is 15.4. The van der Waals surface area contributed by atoms with Crippen molar-refractivity contribution in [3.8, 4) is 0 Å². The van der Waals surface area contributed by atoms with Crippen LogP contribution in [-0.4, -0.2) is 42.9 Å². The Balaban J connectivity index is 2.16. The molecule has 0 aromatic rings. The molecule has 1 aliphatic rings. The Morgan fingerprint density at radius 2 is 2.11 bits per heavy atom. The number of hydrogen-bond acceptors (Lipinski definition) is 4. The molecular weight excluding hydrogens is 232 g/mol. The summed E-state index contributed by atoms with van der Waals surface area (Å²) >= 11 is 0. The van der Waals surface area contributed by atoms with Gasteiger partial charge in [-0.25, -0.2) is 0 Å². The van der Waals surface area contributed by atoms with Crippen LogP contribution < -0.4 is 11.1 Å². The van der Waals surface area contributed by atoms with Crippen molar-refractivity contribution in [3.05, 3.63) is 0 Å². The number of nitrogens with one attached hydrogen (secondary N) is 1. The summed E-state index contributed by atoms with van der Waals surface area (Å²) in [4.78, 5) is 11.7. The summed E-state index contributed by atoms with van der Waals surface area (Å²) in [6.07, 6.45) is 3.50. The molecule has 5 nitrogen and oxygen atoms in total. The second-order valence-electron chi connectivity index (χ2n) is 5.33. The molecule has 1 heterocycles. The van der Waals surface area contributed by atoms with Gasteiger partial charge >= 0.3 is 0 Å². The molecular formula is C13H26N2O3. The van der Waals surface area contributed by atoms with Gasteiger partial charge in [-0.2, -0.15) is 0 Å². The zero-order valence-electron chi connectivity index (χ0n) is 11.3. The third-order valence-corrected chi connectivity index (χ3v) is 3.56. The molecule has 1 amide bonds. The number of amides is 1. The Morgan fingerprint density at radius 1 is 1.44 bits per heavy atom. The Labute approximate surface area is 109 Å². The van der Waals surface area contributed by atoms with Crippen molar-refractivity contribution in [3.63, 3.8) is 0 Å². The molecule has 1 unspecified atom stereocenters. The van der Waals surface area contributed by atoms with Gasteiger partial charge < -0.3 is 20.9 Å². The minimum absolute atomic E-state index is 0.0128. The van der Waals surface area contributed by atoms with Crippen LogP contribution in [0.2, 0.25) is 0 Å². The van der Waals surface area contributed by atoms with Gasteiger partial charge in [0, 0.05) is 39.0 Å². The van der Waals surface area contributed by atoms with E-state index in [1.54, 1.807) is 0 Å². The number of nitrogens with two attached hydrogens (primary N) is 1. The van der Waals surface area contributed by atoms with Gasteiger partial charge in [0.1, 0.15) is 0 Å². The highest BCUT2D eigenvalue weighted by atomic mass is 16.5. The highest BCUT2D eigenvalue weighted by molar-refractivity contribution is 5.75. The summed E-state index contributed by atoms with van der Waals surface area (Å²) in [6, 6.07) is 0. The number of carbonyl (C=O) groups is 1. The molecule has 0 aromatic carbocycles. The van der Waals surface area contributed by atoms with E-state index in [4.69, 9.17) is 10.5 Å². The summed E-state index contributed by atoms with van der Waals surface area (Å²) in [7, 11) is 0. The fraction of sp³-hybridized carbons (Fsp3) is 0.923. The van der Waals surface area contributed by atoms with Crippen molar-refractivity contribution in [1.82, 2.24) is 5.32 Å². The maximum absolute atomic E-state index is 11.7. The highest BCUT2D eigenvalue weighted by Gasteiger charge is 2.29. The summed E-state index contributed by atoms with van der Waals surface area (Å²) in [5.74, 6) is 0.491. The maximum Gasteiger partial charge on any atom is 0.220 e. The predicted molar refractivity (Wildman–Crippen MR) is 70.1 cm³/mol. The lowest BCUT2D eigenvalue weighted by atomic mass is 9.94. The normalized spacial score (nSPS) is 20.4. The lowest BCUT2D eigenvalue weighted by Crippen LogP contribution is -2.46. The predicted octanol–water partition coefficient (Wildman–Crippen LogP) is 0.409. The highest BCUT2D eigenvalue weighted by Crippen LogP contribution is 2.19. The number of ether oxygens (including phenoxy) is 1. The third-order valence-electron chi connectivity index (χ3n) is 3.56. The molecule has 4 N–H and O–H groups in total. The van der Waals surface area contributed by atoms with E-state index in [0.29, 0.717) is 51.5 Å². The second-order valence-corrected chi connectivity index (χ2v) is 5.33. The minimum Gasteiger partial charge on any atom is -0.388 e. The van der Waals surface area contributed by atoms with E-state index in [-0.39, 0.29) is 5.91 Å². The molecule has 1 atom stereocenters. The standard InChI is InChI=1S/C13H26N2O3/c1-11(4-7-14)2-3-12(16)15-10-13(17)5-8-18-9-6-13/h11,17H,2-10,14H2,1H3,(H,15,16). The quantitative estimate of drug-likeness (QED) is 0.617. The van der Waals surface area contributed by atoms with E-state index in [1.165, 1.54) is 0 Å². The number of aliphatic hydroxyl groups is 1. The van der Waals surface area contributed by atoms with Gasteiger partial charge in [0.25, 0.3) is 0 Å². The monoisotopic (exact) mass is 258 g/mol. The minimum atomic E-state index is -0.781. The van der Waals surface area contributed by atoms with Crippen molar-refractivity contribution >= 4 is 5.91 Å². The molecule has 0 spiro atoms. The first-order valence-electron chi connectivity index (χ1n) is 6.82. The SMILES string of the molecule is CC(CCN)CCC(=O)NCC1(O)CCOCC1. The topological polar surface area (TPSA) is 84.6 Å². The van der Waals surface area contributed by atoms with Crippen LogP contribution >= 0.6 is 0 Å². The van der Waals surface area contributed by atoms with Gasteiger partial charge in [0.05, 0.1) is 5.60 Å². The van der Waals surface area contributed by atoms with Gasteiger partial charge in [-0.15, -0.1) is 0 Å². The fourth-order valence-electron chi connectivity index (χ4n) is 2.09. The zero-order chi connectivity index (χ0) is 13.4. The van der Waals surface area contributed by atoms with Gasteiger partial charge in [0.15, 0.2) is 0 Å². The van der Waals surface area contributed by atoms with Gasteiger partial charge in [-0.3, -0.25) is 4.79 Å². The zero-order valence-corrected chi connectivity index (χ0v) is 11.3. The van der Waals surface area contributed by atoms with E-state index >= 15 is 0 Å². The van der Waals surface area contributed by atoms with Crippen molar-refractivity contribution in [2.24, 2.45) is 11.7 Å². The summed E-state index contributed by atoms with van der Waals surface area (Å²) < 4.78 is 5.19. The first-order chi connectivity index (χ1) is 8.56. The molecule has 1 rings (SSSR count). The largest absolute Gasteiger partial charge is 0.388 e. The number of carbonyl (C=O) groups excluding carboxylic acids is 1. The Hall–Kier alpha value is -0.650. The molecule has 106 valence electrons. The lowest BCUT2D eigenvalue weighted by Gasteiger charge is -2.32. The van der Waals surface area contributed by atoms with Crippen molar-refractivity contribution in [2.75, 3.05) is 26.3 Å². The van der Waals surface area contributed by atoms with Crippen molar-refractivity contribution < 1.29 is 14.6 Å². The summed E-state index contributed by atoms with van der Waals surface area (Å²) in [5.41, 5.74) is 4.68. The smallest absolute Gasteiger partial charge is 0.220 e. The molecule has 1 saturated heterocycles. The number of hydrogen-bond donors (Lipinski definition) is 3. The number of rotatable bonds is 7. The molecule has 0 aromatic heterocycles. The summed E-state index contributed by atoms with van der Waals surface area (Å²) in [5, 5.41) is 13.0. The molecule has 5 heteroatoms. The van der Waals surface area contributed by atoms with E-state index in [9.17, 15) is 9.90 Å². The maximum atomic E-state index is 11.7. The molecule has 0 saturated carbocycles. The second kappa shape index (κ2) is 7.71. The molecule has 1 aliphatic heterocycles. The van der Waals surface area contributed by atoms with Crippen LogP contribution in [0.5, 0.6) is 0 Å². The van der Waals surface area contributed by atoms with E-state index in [1.807, 2.05) is 0 Å². The van der Waals surface area contributed by atoms with Gasteiger partial charge in [0.2, 0.25) is 5.91 Å². The van der Waals surface area contributed by atoms with E-state index < -0.39 is 5.60 Å².